The van der Waals surface area contributed by atoms with E-state index in [4.69, 9.17) is 20.1 Å². The summed E-state index contributed by atoms with van der Waals surface area (Å²) in [7, 11) is 4.47. The quantitative estimate of drug-likeness (QED) is 0.268. The molecule has 9 nitrogen and oxygen atoms in total. The molecule has 24 heavy (non-hydrogen) atoms. The summed E-state index contributed by atoms with van der Waals surface area (Å²) in [6, 6.07) is 3.33. The Bertz CT molecular complexity index is 620. The molecule has 2 amide bonds. The van der Waals surface area contributed by atoms with Gasteiger partial charge in [-0.2, -0.15) is 5.12 Å². The van der Waals surface area contributed by atoms with Crippen molar-refractivity contribution in [3.8, 4) is 17.2 Å². The molecular formula is C15H20N4O5. The van der Waals surface area contributed by atoms with Gasteiger partial charge in [0.15, 0.2) is 11.5 Å². The van der Waals surface area contributed by atoms with Gasteiger partial charge in [0, 0.05) is 6.08 Å². The molecule has 1 aromatic rings. The minimum atomic E-state index is -0.604. The summed E-state index contributed by atoms with van der Waals surface area (Å²) in [5.41, 5.74) is 4.97. The predicted molar refractivity (Wildman–Crippen MR) is 87.6 cm³/mol. The molecule has 4 N–H and O–H groups in total. The number of hydrogen-bond acceptors (Lipinski definition) is 7. The average molecular weight is 336 g/mol. The Morgan fingerprint density at radius 2 is 1.75 bits per heavy atom. The molecule has 0 bridgehead atoms. The second-order valence-electron chi connectivity index (χ2n) is 4.31. The van der Waals surface area contributed by atoms with Crippen molar-refractivity contribution in [2.45, 2.75) is 0 Å². The minimum Gasteiger partial charge on any atom is -0.493 e. The van der Waals surface area contributed by atoms with Crippen LogP contribution in [0.25, 0.3) is 6.08 Å². The van der Waals surface area contributed by atoms with Gasteiger partial charge in [0.25, 0.3) is 11.8 Å². The van der Waals surface area contributed by atoms with Crippen molar-refractivity contribution in [1.82, 2.24) is 16.1 Å². The topological polar surface area (TPSA) is 115 Å². The Morgan fingerprint density at radius 3 is 2.21 bits per heavy atom. The Kier molecular flexibility index (Phi) is 7.27. The Labute approximate surface area is 139 Å². The van der Waals surface area contributed by atoms with Crippen molar-refractivity contribution in [3.05, 3.63) is 36.4 Å². The molecule has 1 aromatic carbocycles. The molecule has 0 atom stereocenters. The molecule has 0 aliphatic heterocycles. The van der Waals surface area contributed by atoms with Gasteiger partial charge in [-0.25, -0.2) is 5.84 Å². The smallest absolute Gasteiger partial charge is 0.276 e. The van der Waals surface area contributed by atoms with E-state index in [2.05, 4.69) is 17.5 Å². The van der Waals surface area contributed by atoms with Gasteiger partial charge in [-0.3, -0.25) is 15.0 Å². The maximum atomic E-state index is 11.8. The van der Waals surface area contributed by atoms with Gasteiger partial charge in [0.1, 0.15) is 0 Å². The number of rotatable bonds is 8. The van der Waals surface area contributed by atoms with E-state index in [1.165, 1.54) is 33.5 Å². The molecule has 0 heterocycles. The number of carbonyl (C=O) groups excluding carboxylic acids is 2. The zero-order valence-electron chi connectivity index (χ0n) is 13.7. The van der Waals surface area contributed by atoms with Gasteiger partial charge in [0.2, 0.25) is 5.75 Å². The highest BCUT2D eigenvalue weighted by Crippen LogP contribution is 2.38. The van der Waals surface area contributed by atoms with E-state index >= 15 is 0 Å². The van der Waals surface area contributed by atoms with Gasteiger partial charge in [0.05, 0.1) is 21.3 Å². The second kappa shape index (κ2) is 9.18. The van der Waals surface area contributed by atoms with Crippen LogP contribution in [0.15, 0.2) is 30.9 Å². The van der Waals surface area contributed by atoms with Crippen molar-refractivity contribution in [1.29, 1.82) is 0 Å². The van der Waals surface area contributed by atoms with Crippen molar-refractivity contribution in [2.24, 2.45) is 5.84 Å². The number of carbonyl (C=O) groups is 2. The molecule has 0 spiro atoms. The van der Waals surface area contributed by atoms with Crippen LogP contribution >= 0.6 is 0 Å². The van der Waals surface area contributed by atoms with Crippen LogP contribution in [0.2, 0.25) is 0 Å². The number of benzene rings is 1. The maximum absolute atomic E-state index is 11.8. The molecule has 0 saturated heterocycles. The Balaban J connectivity index is 2.87. The van der Waals surface area contributed by atoms with E-state index in [1.807, 2.05) is 0 Å². The Morgan fingerprint density at radius 1 is 1.17 bits per heavy atom. The number of amides is 2. The number of ether oxygens (including phenoxy) is 3. The van der Waals surface area contributed by atoms with Crippen LogP contribution in [-0.4, -0.2) is 38.3 Å². The lowest BCUT2D eigenvalue weighted by molar-refractivity contribution is -0.132. The fraction of sp³-hybridized carbons (Fsp3) is 0.200. The highest BCUT2D eigenvalue weighted by molar-refractivity contribution is 5.91. The summed E-state index contributed by atoms with van der Waals surface area (Å²) in [6.45, 7) is 3.26. The molecule has 0 aliphatic rings. The molecule has 130 valence electrons. The van der Waals surface area contributed by atoms with Crippen LogP contribution in [0.1, 0.15) is 5.56 Å². The van der Waals surface area contributed by atoms with Crippen molar-refractivity contribution < 1.29 is 23.8 Å². The van der Waals surface area contributed by atoms with Crippen molar-refractivity contribution in [2.75, 3.05) is 21.3 Å². The summed E-state index contributed by atoms with van der Waals surface area (Å²) in [6.07, 6.45) is 3.73. The number of nitrogens with two attached hydrogens (primary N) is 1. The maximum Gasteiger partial charge on any atom is 0.276 e. The predicted octanol–water partition coefficient (Wildman–Crippen LogP) is 0.150. The monoisotopic (exact) mass is 336 g/mol. The molecule has 1 rings (SSSR count). The van der Waals surface area contributed by atoms with E-state index < -0.39 is 11.8 Å². The summed E-state index contributed by atoms with van der Waals surface area (Å²) in [5, 5.41) is 0.607. The molecule has 0 aromatic heterocycles. The molecule has 0 saturated carbocycles. The summed E-state index contributed by atoms with van der Waals surface area (Å²) >= 11 is 0. The highest BCUT2D eigenvalue weighted by atomic mass is 16.5. The highest BCUT2D eigenvalue weighted by Gasteiger charge is 2.12. The molecule has 0 unspecified atom stereocenters. The van der Waals surface area contributed by atoms with Crippen LogP contribution in [0.3, 0.4) is 0 Å². The lowest BCUT2D eigenvalue weighted by Crippen LogP contribution is -2.55. The minimum absolute atomic E-state index is 0.442. The fourth-order valence-corrected chi connectivity index (χ4v) is 1.67. The SMILES string of the molecule is C=CC(=O)NNN(N)C(=O)/C=C/c1cc(OC)c(OC)c(OC)c1. The summed E-state index contributed by atoms with van der Waals surface area (Å²) in [5.74, 6) is 5.65. The van der Waals surface area contributed by atoms with Gasteiger partial charge in [-0.1, -0.05) is 6.58 Å². The largest absolute Gasteiger partial charge is 0.493 e. The standard InChI is InChI=1S/C15H20N4O5/c1-5-13(20)17-18-19(16)14(21)7-6-10-8-11(22-2)15(24-4)12(9-10)23-3/h5-9,18H,1,16H2,2-4H3,(H,17,20)/b7-6+. The molecule has 0 fully saturated rings. The van der Waals surface area contributed by atoms with Crippen LogP contribution in [-0.2, 0) is 9.59 Å². The van der Waals surface area contributed by atoms with Gasteiger partial charge >= 0.3 is 0 Å². The Hall–Kier alpha value is -3.04. The van der Waals surface area contributed by atoms with E-state index in [0.29, 0.717) is 27.9 Å². The molecule has 9 heteroatoms. The second-order valence-corrected chi connectivity index (χ2v) is 4.31. The summed E-state index contributed by atoms with van der Waals surface area (Å²) in [4.78, 5) is 22.8. The van der Waals surface area contributed by atoms with Gasteiger partial charge in [-0.05, 0) is 29.8 Å². The van der Waals surface area contributed by atoms with E-state index in [1.54, 1.807) is 12.1 Å². The number of methoxy groups -OCH3 is 3. The van der Waals surface area contributed by atoms with Crippen LogP contribution in [0.4, 0.5) is 0 Å². The lowest BCUT2D eigenvalue weighted by Gasteiger charge is -2.15. The third kappa shape index (κ3) is 5.00. The van der Waals surface area contributed by atoms with Crippen molar-refractivity contribution >= 4 is 17.9 Å². The zero-order chi connectivity index (χ0) is 18.1. The van der Waals surface area contributed by atoms with E-state index in [9.17, 15) is 9.59 Å². The average Bonchev–Trinajstić information content (AvgIpc) is 2.62. The molecule has 0 aliphatic carbocycles. The van der Waals surface area contributed by atoms with Gasteiger partial charge in [-0.15, -0.1) is 5.53 Å². The first-order valence-corrected chi connectivity index (χ1v) is 6.71. The zero-order valence-corrected chi connectivity index (χ0v) is 13.7. The van der Waals surface area contributed by atoms with Crippen LogP contribution in [0, 0.1) is 0 Å². The van der Waals surface area contributed by atoms with Crippen LogP contribution < -0.4 is 31.0 Å². The first-order chi connectivity index (χ1) is 11.5. The first kappa shape index (κ1) is 19.0. The third-order valence-corrected chi connectivity index (χ3v) is 2.83. The number of nitrogens with one attached hydrogen (secondary N) is 2. The van der Waals surface area contributed by atoms with Crippen LogP contribution in [0.5, 0.6) is 17.2 Å². The van der Waals surface area contributed by atoms with E-state index in [0.717, 1.165) is 6.08 Å². The lowest BCUT2D eigenvalue weighted by atomic mass is 10.1. The molecular weight excluding hydrogens is 316 g/mol. The van der Waals surface area contributed by atoms with Crippen molar-refractivity contribution in [3.63, 3.8) is 0 Å². The molecule has 0 radical (unpaired) electrons. The summed E-state index contributed by atoms with van der Waals surface area (Å²) < 4.78 is 15.7. The normalized spacial score (nSPS) is 10.2. The third-order valence-electron chi connectivity index (χ3n) is 2.83. The first-order valence-electron chi connectivity index (χ1n) is 6.71. The van der Waals surface area contributed by atoms with E-state index in [-0.39, 0.29) is 0 Å². The fourth-order valence-electron chi connectivity index (χ4n) is 1.67. The van der Waals surface area contributed by atoms with Gasteiger partial charge < -0.3 is 14.2 Å². The number of hydrogen-bond donors (Lipinski definition) is 3. The number of hydrazine groups is 3. The number of nitrogens with zero attached hydrogens (tertiary/aromatic N) is 1.